The molecule has 0 amide bonds. The molecule has 0 radical (unpaired) electrons. The minimum absolute atomic E-state index is 0.189. The summed E-state index contributed by atoms with van der Waals surface area (Å²) in [5.41, 5.74) is 0.329. The van der Waals surface area contributed by atoms with Crippen LogP contribution in [0.5, 0.6) is 0 Å². The van der Waals surface area contributed by atoms with Gasteiger partial charge >= 0.3 is 0 Å². The van der Waals surface area contributed by atoms with E-state index < -0.39 is 10.0 Å². The summed E-state index contributed by atoms with van der Waals surface area (Å²) in [4.78, 5) is 2.14. The SMILES string of the molecule is CC(C)(C)C1CCN(c2ccc(S(N)(=O)=O)nn2)CC1. The predicted molar refractivity (Wildman–Crippen MR) is 77.8 cm³/mol. The molecule has 6 nitrogen and oxygen atoms in total. The summed E-state index contributed by atoms with van der Waals surface area (Å²) in [6, 6.07) is 3.08. The second-order valence-corrected chi connectivity index (χ2v) is 7.91. The van der Waals surface area contributed by atoms with Gasteiger partial charge in [0.2, 0.25) is 0 Å². The van der Waals surface area contributed by atoms with E-state index in [-0.39, 0.29) is 5.03 Å². The third-order valence-corrected chi connectivity index (χ3v) is 4.76. The van der Waals surface area contributed by atoms with Crippen LogP contribution in [0.1, 0.15) is 33.6 Å². The molecule has 7 heteroatoms. The van der Waals surface area contributed by atoms with Crippen LogP contribution in [0.3, 0.4) is 0 Å². The van der Waals surface area contributed by atoms with Gasteiger partial charge in [-0.3, -0.25) is 0 Å². The van der Waals surface area contributed by atoms with Gasteiger partial charge in [0.25, 0.3) is 10.0 Å². The first-order chi connectivity index (χ1) is 9.18. The first kappa shape index (κ1) is 15.2. The van der Waals surface area contributed by atoms with Crippen LogP contribution in [0.15, 0.2) is 17.2 Å². The Kier molecular flexibility index (Phi) is 4.02. The number of primary sulfonamides is 1. The van der Waals surface area contributed by atoms with Crippen molar-refractivity contribution < 1.29 is 8.42 Å². The van der Waals surface area contributed by atoms with E-state index in [0.717, 1.165) is 25.9 Å². The maximum Gasteiger partial charge on any atom is 0.257 e. The Morgan fingerprint density at radius 1 is 1.20 bits per heavy atom. The summed E-state index contributed by atoms with van der Waals surface area (Å²) in [7, 11) is -3.77. The lowest BCUT2D eigenvalue weighted by Gasteiger charge is -2.39. The Hall–Kier alpha value is -1.21. The molecule has 1 aliphatic rings. The van der Waals surface area contributed by atoms with Crippen molar-refractivity contribution in [3.8, 4) is 0 Å². The Morgan fingerprint density at radius 2 is 1.80 bits per heavy atom. The number of piperidine rings is 1. The smallest absolute Gasteiger partial charge is 0.257 e. The van der Waals surface area contributed by atoms with E-state index in [2.05, 4.69) is 35.9 Å². The van der Waals surface area contributed by atoms with Crippen molar-refractivity contribution in [3.63, 3.8) is 0 Å². The molecule has 1 fully saturated rings. The van der Waals surface area contributed by atoms with Crippen molar-refractivity contribution in [2.45, 2.75) is 38.6 Å². The van der Waals surface area contributed by atoms with E-state index in [4.69, 9.17) is 5.14 Å². The second kappa shape index (κ2) is 5.29. The summed E-state index contributed by atoms with van der Waals surface area (Å²) in [6.07, 6.45) is 2.23. The predicted octanol–water partition coefficient (Wildman–Crippen LogP) is 1.39. The normalized spacial score (nSPS) is 18.3. The zero-order valence-electron chi connectivity index (χ0n) is 12.2. The number of nitrogens with zero attached hydrogens (tertiary/aromatic N) is 3. The van der Waals surface area contributed by atoms with E-state index >= 15 is 0 Å². The third-order valence-electron chi connectivity index (χ3n) is 3.96. The van der Waals surface area contributed by atoms with Crippen molar-refractivity contribution in [1.82, 2.24) is 10.2 Å². The van der Waals surface area contributed by atoms with Crippen LogP contribution in [0, 0.1) is 11.3 Å². The lowest BCUT2D eigenvalue weighted by Crippen LogP contribution is -2.38. The Balaban J connectivity index is 2.04. The molecule has 1 aliphatic heterocycles. The van der Waals surface area contributed by atoms with Gasteiger partial charge in [-0.15, -0.1) is 10.2 Å². The monoisotopic (exact) mass is 298 g/mol. The number of hydrogen-bond donors (Lipinski definition) is 1. The van der Waals surface area contributed by atoms with Gasteiger partial charge in [-0.1, -0.05) is 20.8 Å². The summed E-state index contributed by atoms with van der Waals surface area (Å²) in [5, 5.41) is 12.5. The number of aromatic nitrogens is 2. The van der Waals surface area contributed by atoms with Gasteiger partial charge in [0.15, 0.2) is 10.8 Å². The number of rotatable bonds is 2. The van der Waals surface area contributed by atoms with Crippen LogP contribution in [0.4, 0.5) is 5.82 Å². The van der Waals surface area contributed by atoms with Crippen molar-refractivity contribution in [2.24, 2.45) is 16.5 Å². The molecule has 0 spiro atoms. The average molecular weight is 298 g/mol. The summed E-state index contributed by atoms with van der Waals surface area (Å²) < 4.78 is 22.3. The quantitative estimate of drug-likeness (QED) is 0.891. The Labute approximate surface area is 120 Å². The molecule has 0 aliphatic carbocycles. The van der Waals surface area contributed by atoms with Crippen molar-refractivity contribution in [2.75, 3.05) is 18.0 Å². The summed E-state index contributed by atoms with van der Waals surface area (Å²) in [6.45, 7) is 8.66. The fourth-order valence-corrected chi connectivity index (χ4v) is 3.02. The lowest BCUT2D eigenvalue weighted by atomic mass is 9.75. The third kappa shape index (κ3) is 3.46. The van der Waals surface area contributed by atoms with Gasteiger partial charge < -0.3 is 4.90 Å². The zero-order chi connectivity index (χ0) is 15.0. The van der Waals surface area contributed by atoms with Gasteiger partial charge in [0.1, 0.15) is 0 Å². The number of hydrogen-bond acceptors (Lipinski definition) is 5. The maximum atomic E-state index is 11.1. The molecule has 1 aromatic rings. The van der Waals surface area contributed by atoms with Crippen molar-refractivity contribution in [1.29, 1.82) is 0 Å². The second-order valence-electron chi connectivity index (χ2n) is 6.40. The molecule has 0 bridgehead atoms. The lowest BCUT2D eigenvalue weighted by molar-refractivity contribution is 0.198. The molecule has 0 saturated carbocycles. The molecule has 0 aromatic carbocycles. The van der Waals surface area contributed by atoms with E-state index in [0.29, 0.717) is 17.2 Å². The molecule has 0 atom stereocenters. The van der Waals surface area contributed by atoms with Crippen LogP contribution in [0.2, 0.25) is 0 Å². The van der Waals surface area contributed by atoms with Crippen molar-refractivity contribution >= 4 is 15.8 Å². The van der Waals surface area contributed by atoms with Crippen LogP contribution in [0.25, 0.3) is 0 Å². The summed E-state index contributed by atoms with van der Waals surface area (Å²) in [5.74, 6) is 1.42. The molecule has 0 unspecified atom stereocenters. The highest BCUT2D eigenvalue weighted by molar-refractivity contribution is 7.89. The van der Waals surface area contributed by atoms with Crippen LogP contribution in [-0.2, 0) is 10.0 Å². The van der Waals surface area contributed by atoms with Gasteiger partial charge in [0, 0.05) is 13.1 Å². The van der Waals surface area contributed by atoms with Crippen LogP contribution < -0.4 is 10.0 Å². The average Bonchev–Trinajstić information content (AvgIpc) is 2.37. The minimum atomic E-state index is -3.77. The number of nitrogens with two attached hydrogens (primary N) is 1. The van der Waals surface area contributed by atoms with Gasteiger partial charge in [-0.25, -0.2) is 13.6 Å². The fraction of sp³-hybridized carbons (Fsp3) is 0.692. The highest BCUT2D eigenvalue weighted by Gasteiger charge is 2.29. The maximum absolute atomic E-state index is 11.1. The Bertz CT molecular complexity index is 555. The molecular formula is C13H22N4O2S. The molecule has 2 heterocycles. The molecule has 1 saturated heterocycles. The Morgan fingerprint density at radius 3 is 2.20 bits per heavy atom. The highest BCUT2D eigenvalue weighted by atomic mass is 32.2. The zero-order valence-corrected chi connectivity index (χ0v) is 13.0. The molecule has 2 rings (SSSR count). The first-order valence-corrected chi connectivity index (χ1v) is 8.34. The topological polar surface area (TPSA) is 89.2 Å². The largest absolute Gasteiger partial charge is 0.355 e. The number of sulfonamides is 1. The van der Waals surface area contributed by atoms with Gasteiger partial charge in [-0.05, 0) is 36.3 Å². The minimum Gasteiger partial charge on any atom is -0.355 e. The van der Waals surface area contributed by atoms with Crippen molar-refractivity contribution in [3.05, 3.63) is 12.1 Å². The molecule has 112 valence electrons. The van der Waals surface area contributed by atoms with E-state index in [1.807, 2.05) is 0 Å². The molecule has 1 aromatic heterocycles. The van der Waals surface area contributed by atoms with Gasteiger partial charge in [-0.2, -0.15) is 0 Å². The number of anilines is 1. The molecule has 20 heavy (non-hydrogen) atoms. The highest BCUT2D eigenvalue weighted by Crippen LogP contribution is 2.35. The fourth-order valence-electron chi connectivity index (χ4n) is 2.61. The standard InChI is InChI=1S/C13H22N4O2S/c1-13(2,3)10-6-8-17(9-7-10)11-4-5-12(16-15-11)20(14,18)19/h4-5,10H,6-9H2,1-3H3,(H2,14,18,19). The van der Waals surface area contributed by atoms with E-state index in [9.17, 15) is 8.42 Å². The van der Waals surface area contributed by atoms with Crippen LogP contribution >= 0.6 is 0 Å². The van der Waals surface area contributed by atoms with Gasteiger partial charge in [0.05, 0.1) is 0 Å². The molecular weight excluding hydrogens is 276 g/mol. The van der Waals surface area contributed by atoms with E-state index in [1.165, 1.54) is 6.07 Å². The summed E-state index contributed by atoms with van der Waals surface area (Å²) >= 11 is 0. The first-order valence-electron chi connectivity index (χ1n) is 6.79. The molecule has 2 N–H and O–H groups in total. The van der Waals surface area contributed by atoms with Crippen LogP contribution in [-0.4, -0.2) is 31.7 Å². The van der Waals surface area contributed by atoms with E-state index in [1.54, 1.807) is 6.07 Å².